The highest BCUT2D eigenvalue weighted by atomic mass is 16.5. The van der Waals surface area contributed by atoms with Crippen molar-refractivity contribution in [2.45, 2.75) is 20.3 Å². The minimum Gasteiger partial charge on any atom is -0.466 e. The molecule has 0 aromatic heterocycles. The lowest BCUT2D eigenvalue weighted by Gasteiger charge is -1.95. The van der Waals surface area contributed by atoms with Crippen LogP contribution in [0.3, 0.4) is 0 Å². The quantitative estimate of drug-likeness (QED) is 0.529. The van der Waals surface area contributed by atoms with Gasteiger partial charge in [-0.3, -0.25) is 0 Å². The van der Waals surface area contributed by atoms with Crippen LogP contribution in [0, 0.1) is 0 Å². The van der Waals surface area contributed by atoms with Gasteiger partial charge in [0.25, 0.3) is 0 Å². The Labute approximate surface area is 90.6 Å². The van der Waals surface area contributed by atoms with Crippen LogP contribution in [0.25, 0.3) is 0 Å². The number of esters is 2. The molecule has 0 N–H and O–H groups in total. The summed E-state index contributed by atoms with van der Waals surface area (Å²) in [6.07, 6.45) is 1.80. The SMILES string of the molecule is C=C(CC)C(=O)OC.C=CC(=O)OCC. The van der Waals surface area contributed by atoms with E-state index < -0.39 is 0 Å². The highest BCUT2D eigenvalue weighted by Gasteiger charge is 2.00. The van der Waals surface area contributed by atoms with Crippen molar-refractivity contribution in [3.8, 4) is 0 Å². The molecule has 0 aromatic rings. The molecule has 86 valence electrons. The van der Waals surface area contributed by atoms with Crippen LogP contribution in [0.1, 0.15) is 20.3 Å². The molecule has 0 amide bonds. The van der Waals surface area contributed by atoms with E-state index in [0.29, 0.717) is 18.6 Å². The molecule has 0 unspecified atom stereocenters. The summed E-state index contributed by atoms with van der Waals surface area (Å²) in [5.41, 5.74) is 0.521. The van der Waals surface area contributed by atoms with Crippen LogP contribution in [0.15, 0.2) is 24.8 Å². The van der Waals surface area contributed by atoms with E-state index in [2.05, 4.69) is 22.6 Å². The molecule has 0 bridgehead atoms. The van der Waals surface area contributed by atoms with E-state index in [0.717, 1.165) is 6.08 Å². The van der Waals surface area contributed by atoms with E-state index in [-0.39, 0.29) is 11.9 Å². The van der Waals surface area contributed by atoms with Crippen molar-refractivity contribution in [1.82, 2.24) is 0 Å². The van der Waals surface area contributed by atoms with Gasteiger partial charge in [-0.15, -0.1) is 0 Å². The summed E-state index contributed by atoms with van der Waals surface area (Å²) in [4.78, 5) is 20.5. The zero-order valence-corrected chi connectivity index (χ0v) is 9.54. The van der Waals surface area contributed by atoms with E-state index in [1.807, 2.05) is 6.92 Å². The van der Waals surface area contributed by atoms with E-state index >= 15 is 0 Å². The summed E-state index contributed by atoms with van der Waals surface area (Å²) in [7, 11) is 1.35. The Hall–Kier alpha value is -1.58. The third kappa shape index (κ3) is 10.3. The Balaban J connectivity index is 0. The number of hydrogen-bond acceptors (Lipinski definition) is 4. The number of ether oxygens (including phenoxy) is 2. The van der Waals surface area contributed by atoms with Gasteiger partial charge in [-0.25, -0.2) is 9.59 Å². The maximum Gasteiger partial charge on any atom is 0.333 e. The van der Waals surface area contributed by atoms with E-state index in [4.69, 9.17) is 0 Å². The zero-order chi connectivity index (χ0) is 12.3. The largest absolute Gasteiger partial charge is 0.466 e. The zero-order valence-electron chi connectivity index (χ0n) is 9.54. The standard InChI is InChI=1S/C6H10O2.C5H8O2/c1-4-5(2)6(7)8-3;1-3-5(6)7-4-2/h2,4H2,1,3H3;3H,1,4H2,2H3. The molecule has 0 radical (unpaired) electrons. The van der Waals surface area contributed by atoms with Crippen LogP contribution < -0.4 is 0 Å². The molecule has 0 rings (SSSR count). The summed E-state index contributed by atoms with van der Waals surface area (Å²) in [5, 5.41) is 0. The Morgan fingerprint density at radius 2 is 1.87 bits per heavy atom. The predicted octanol–water partition coefficient (Wildman–Crippen LogP) is 1.86. The van der Waals surface area contributed by atoms with Crippen molar-refractivity contribution in [1.29, 1.82) is 0 Å². The average molecular weight is 214 g/mol. The van der Waals surface area contributed by atoms with Crippen molar-refractivity contribution in [3.63, 3.8) is 0 Å². The number of methoxy groups -OCH3 is 1. The fraction of sp³-hybridized carbons (Fsp3) is 0.455. The molecule has 0 aliphatic carbocycles. The highest BCUT2D eigenvalue weighted by Crippen LogP contribution is 1.96. The number of rotatable bonds is 4. The fourth-order valence-electron chi connectivity index (χ4n) is 0.490. The lowest BCUT2D eigenvalue weighted by atomic mass is 10.2. The van der Waals surface area contributed by atoms with Gasteiger partial charge in [-0.1, -0.05) is 20.1 Å². The molecular weight excluding hydrogens is 196 g/mol. The second kappa shape index (κ2) is 10.5. The third-order valence-corrected chi connectivity index (χ3v) is 1.35. The van der Waals surface area contributed by atoms with Crippen molar-refractivity contribution in [2.75, 3.05) is 13.7 Å². The summed E-state index contributed by atoms with van der Waals surface area (Å²) >= 11 is 0. The van der Waals surface area contributed by atoms with Gasteiger partial charge >= 0.3 is 11.9 Å². The smallest absolute Gasteiger partial charge is 0.333 e. The lowest BCUT2D eigenvalue weighted by Crippen LogP contribution is -2.01. The third-order valence-electron chi connectivity index (χ3n) is 1.35. The summed E-state index contributed by atoms with van der Waals surface area (Å²) in [6, 6.07) is 0. The van der Waals surface area contributed by atoms with Crippen LogP contribution in [0.4, 0.5) is 0 Å². The molecule has 0 heterocycles. The van der Waals surface area contributed by atoms with Gasteiger partial charge in [0.1, 0.15) is 0 Å². The monoisotopic (exact) mass is 214 g/mol. The van der Waals surface area contributed by atoms with Crippen LogP contribution >= 0.6 is 0 Å². The minimum atomic E-state index is -0.359. The second-order valence-electron chi connectivity index (χ2n) is 2.40. The van der Waals surface area contributed by atoms with Crippen molar-refractivity contribution in [3.05, 3.63) is 24.8 Å². The molecule has 0 atom stereocenters. The molecule has 0 aliphatic heterocycles. The summed E-state index contributed by atoms with van der Waals surface area (Å²) in [6.45, 7) is 10.7. The molecule has 0 aromatic carbocycles. The van der Waals surface area contributed by atoms with Crippen molar-refractivity contribution in [2.24, 2.45) is 0 Å². The number of carbonyl (C=O) groups is 2. The molecule has 0 saturated carbocycles. The molecule has 15 heavy (non-hydrogen) atoms. The Morgan fingerprint density at radius 1 is 1.33 bits per heavy atom. The molecule has 0 spiro atoms. The van der Waals surface area contributed by atoms with Gasteiger partial charge in [0.15, 0.2) is 0 Å². The first-order valence-electron chi connectivity index (χ1n) is 4.58. The molecule has 4 nitrogen and oxygen atoms in total. The summed E-state index contributed by atoms with van der Waals surface area (Å²) < 4.78 is 8.80. The van der Waals surface area contributed by atoms with Crippen LogP contribution in [0.2, 0.25) is 0 Å². The topological polar surface area (TPSA) is 52.6 Å². The van der Waals surface area contributed by atoms with Crippen molar-refractivity contribution < 1.29 is 19.1 Å². The molecular formula is C11H18O4. The van der Waals surface area contributed by atoms with Gasteiger partial charge in [0, 0.05) is 11.6 Å². The van der Waals surface area contributed by atoms with E-state index in [1.54, 1.807) is 6.92 Å². The fourth-order valence-corrected chi connectivity index (χ4v) is 0.490. The van der Waals surface area contributed by atoms with Gasteiger partial charge < -0.3 is 9.47 Å². The van der Waals surface area contributed by atoms with Gasteiger partial charge in [-0.2, -0.15) is 0 Å². The average Bonchev–Trinajstić information content (AvgIpc) is 2.27. The first kappa shape index (κ1) is 15.9. The molecule has 0 fully saturated rings. The normalized spacial score (nSPS) is 7.93. The molecule has 0 aliphatic rings. The minimum absolute atomic E-state index is 0.312. The Kier molecular flexibility index (Phi) is 11.1. The van der Waals surface area contributed by atoms with Gasteiger partial charge in [0.05, 0.1) is 13.7 Å². The Bertz CT molecular complexity index is 217. The van der Waals surface area contributed by atoms with Gasteiger partial charge in [0.2, 0.25) is 0 Å². The second-order valence-corrected chi connectivity index (χ2v) is 2.40. The van der Waals surface area contributed by atoms with Crippen molar-refractivity contribution >= 4 is 11.9 Å². The number of carbonyl (C=O) groups excluding carboxylic acids is 2. The van der Waals surface area contributed by atoms with Gasteiger partial charge in [-0.05, 0) is 13.3 Å². The first-order valence-corrected chi connectivity index (χ1v) is 4.58. The van der Waals surface area contributed by atoms with Crippen LogP contribution in [0.5, 0.6) is 0 Å². The molecule has 4 heteroatoms. The predicted molar refractivity (Wildman–Crippen MR) is 58.3 cm³/mol. The lowest BCUT2D eigenvalue weighted by molar-refractivity contribution is -0.137. The first-order chi connectivity index (χ1) is 7.03. The Morgan fingerprint density at radius 3 is 2.00 bits per heavy atom. The maximum atomic E-state index is 10.4. The van der Waals surface area contributed by atoms with E-state index in [1.165, 1.54) is 7.11 Å². The molecule has 0 saturated heterocycles. The van der Waals surface area contributed by atoms with E-state index in [9.17, 15) is 9.59 Å². The highest BCUT2D eigenvalue weighted by molar-refractivity contribution is 5.87. The number of hydrogen-bond donors (Lipinski definition) is 0. The summed E-state index contributed by atoms with van der Waals surface area (Å²) in [5.74, 6) is -0.671. The van der Waals surface area contributed by atoms with Crippen LogP contribution in [-0.4, -0.2) is 25.7 Å². The maximum absolute atomic E-state index is 10.4. The van der Waals surface area contributed by atoms with Crippen LogP contribution in [-0.2, 0) is 19.1 Å².